The van der Waals surface area contributed by atoms with Crippen LogP contribution < -0.4 is 9.47 Å². The first-order chi connectivity index (χ1) is 13.8. The molecule has 4 atom stereocenters. The van der Waals surface area contributed by atoms with E-state index in [4.69, 9.17) is 9.47 Å². The van der Waals surface area contributed by atoms with Crippen LogP contribution in [0.4, 0.5) is 0 Å². The SMILES string of the molecule is C[C@]1(C#N)C[C@@]23SS[C@](C)(C(=O)N2C1c1ccc2c(c1)OCO2)N(C1CC1)C3=O. The second-order valence-corrected chi connectivity index (χ2v) is 11.5. The Bertz CT molecular complexity index is 1020. The minimum absolute atomic E-state index is 0.0180. The molecule has 150 valence electrons. The van der Waals surface area contributed by atoms with E-state index in [1.54, 1.807) is 4.90 Å². The highest BCUT2D eigenvalue weighted by Crippen LogP contribution is 2.70. The summed E-state index contributed by atoms with van der Waals surface area (Å²) >= 11 is 0. The van der Waals surface area contributed by atoms with Crippen LogP contribution >= 0.6 is 21.6 Å². The van der Waals surface area contributed by atoms with Crippen LogP contribution in [0, 0.1) is 16.7 Å². The lowest BCUT2D eigenvalue weighted by atomic mass is 9.79. The number of ether oxygens (including phenoxy) is 2. The summed E-state index contributed by atoms with van der Waals surface area (Å²) in [5, 5.41) is 10.2. The van der Waals surface area contributed by atoms with Gasteiger partial charge >= 0.3 is 0 Å². The zero-order valence-electron chi connectivity index (χ0n) is 16.0. The number of rotatable bonds is 2. The van der Waals surface area contributed by atoms with Gasteiger partial charge in [-0.2, -0.15) is 5.26 Å². The van der Waals surface area contributed by atoms with E-state index in [0.29, 0.717) is 17.9 Å². The molecular weight excluding hydrogens is 410 g/mol. The average Bonchev–Trinajstić information content (AvgIpc) is 3.34. The van der Waals surface area contributed by atoms with Gasteiger partial charge in [0.05, 0.1) is 17.5 Å². The van der Waals surface area contributed by atoms with Gasteiger partial charge in [0.25, 0.3) is 11.8 Å². The van der Waals surface area contributed by atoms with Gasteiger partial charge in [-0.3, -0.25) is 9.59 Å². The third-order valence-electron chi connectivity index (χ3n) is 6.71. The van der Waals surface area contributed by atoms with Crippen LogP contribution in [0.5, 0.6) is 11.5 Å². The number of nitriles is 1. The number of amides is 2. The molecule has 9 heteroatoms. The van der Waals surface area contributed by atoms with E-state index in [2.05, 4.69) is 6.07 Å². The number of hydrogen-bond acceptors (Lipinski definition) is 7. The fraction of sp³-hybridized carbons (Fsp3) is 0.550. The lowest BCUT2D eigenvalue weighted by molar-refractivity contribution is -0.166. The maximum Gasteiger partial charge on any atom is 0.261 e. The molecule has 29 heavy (non-hydrogen) atoms. The van der Waals surface area contributed by atoms with Gasteiger partial charge in [0, 0.05) is 12.5 Å². The predicted molar refractivity (Wildman–Crippen MR) is 107 cm³/mol. The third-order valence-corrected chi connectivity index (χ3v) is 10.3. The van der Waals surface area contributed by atoms with Crippen molar-refractivity contribution in [2.75, 3.05) is 6.79 Å². The number of carbonyl (C=O) groups is 2. The maximum absolute atomic E-state index is 13.8. The molecule has 1 aliphatic carbocycles. The van der Waals surface area contributed by atoms with Crippen molar-refractivity contribution in [3.05, 3.63) is 23.8 Å². The van der Waals surface area contributed by atoms with Gasteiger partial charge in [0.2, 0.25) is 6.79 Å². The minimum atomic E-state index is -1.03. The van der Waals surface area contributed by atoms with Crippen LogP contribution in [-0.4, -0.2) is 44.2 Å². The van der Waals surface area contributed by atoms with E-state index in [0.717, 1.165) is 18.4 Å². The summed E-state index contributed by atoms with van der Waals surface area (Å²) in [4.78, 5) is 29.1. The van der Waals surface area contributed by atoms with Crippen molar-refractivity contribution in [1.82, 2.24) is 9.80 Å². The Morgan fingerprint density at radius 3 is 2.59 bits per heavy atom. The summed E-state index contributed by atoms with van der Waals surface area (Å²) in [5.74, 6) is 1.17. The Morgan fingerprint density at radius 1 is 1.10 bits per heavy atom. The van der Waals surface area contributed by atoms with Crippen molar-refractivity contribution in [2.24, 2.45) is 5.41 Å². The molecular formula is C20H19N3O4S2. The van der Waals surface area contributed by atoms with Crippen LogP contribution in [0.3, 0.4) is 0 Å². The first kappa shape index (κ1) is 17.8. The van der Waals surface area contributed by atoms with Gasteiger partial charge in [-0.05, 0) is 44.4 Å². The molecule has 0 N–H and O–H groups in total. The Kier molecular flexibility index (Phi) is 3.28. The summed E-state index contributed by atoms with van der Waals surface area (Å²) in [5.41, 5.74) is -0.0896. The molecule has 1 aromatic carbocycles. The Hall–Kier alpha value is -2.05. The van der Waals surface area contributed by atoms with Crippen molar-refractivity contribution in [3.8, 4) is 17.6 Å². The lowest BCUT2D eigenvalue weighted by Gasteiger charge is -2.58. The van der Waals surface area contributed by atoms with E-state index in [1.165, 1.54) is 21.6 Å². The predicted octanol–water partition coefficient (Wildman–Crippen LogP) is 3.03. The summed E-state index contributed by atoms with van der Waals surface area (Å²) in [6, 6.07) is 7.61. The number of fused-ring (bicyclic) bond motifs is 3. The quantitative estimate of drug-likeness (QED) is 0.668. The first-order valence-electron chi connectivity index (χ1n) is 9.69. The molecule has 1 unspecified atom stereocenters. The highest BCUT2D eigenvalue weighted by atomic mass is 33.1. The van der Waals surface area contributed by atoms with Crippen molar-refractivity contribution < 1.29 is 19.1 Å². The van der Waals surface area contributed by atoms with Gasteiger partial charge in [-0.1, -0.05) is 27.7 Å². The number of hydrogen-bond donors (Lipinski definition) is 0. The zero-order chi connectivity index (χ0) is 20.2. The standard InChI is InChI=1S/C20H19N3O4S2/c1-18(9-21)8-20-17(25)22(12-4-5-12)19(2,28-29-20)16(24)23(20)15(18)11-3-6-13-14(7-11)27-10-26-13/h3,6-7,12,15H,4-5,8,10H2,1-2H3/t15?,18-,19-,20+/m1/s1. The molecule has 5 aliphatic heterocycles. The second-order valence-electron chi connectivity index (χ2n) is 8.74. The first-order valence-corrected chi connectivity index (χ1v) is 11.8. The largest absolute Gasteiger partial charge is 0.454 e. The third kappa shape index (κ3) is 2.01. The molecule has 1 spiro atoms. The molecule has 0 aromatic heterocycles. The normalized spacial score (nSPS) is 39.7. The lowest BCUT2D eigenvalue weighted by Crippen LogP contribution is -2.75. The van der Waals surface area contributed by atoms with Crippen molar-refractivity contribution >= 4 is 33.4 Å². The Morgan fingerprint density at radius 2 is 1.86 bits per heavy atom. The highest BCUT2D eigenvalue weighted by molar-refractivity contribution is 8.78. The molecule has 5 fully saturated rings. The Labute approximate surface area is 176 Å². The molecule has 6 aliphatic rings. The van der Waals surface area contributed by atoms with E-state index >= 15 is 0 Å². The molecule has 7 rings (SSSR count). The monoisotopic (exact) mass is 429 g/mol. The molecule has 7 nitrogen and oxygen atoms in total. The Balaban J connectivity index is 1.53. The van der Waals surface area contributed by atoms with Gasteiger partial charge < -0.3 is 19.3 Å². The van der Waals surface area contributed by atoms with E-state index in [9.17, 15) is 14.9 Å². The average molecular weight is 430 g/mol. The number of piperazine rings is 1. The highest BCUT2D eigenvalue weighted by Gasteiger charge is 2.76. The molecule has 2 amide bonds. The topological polar surface area (TPSA) is 82.9 Å². The molecule has 4 saturated heterocycles. The number of nitrogens with zero attached hydrogens (tertiary/aromatic N) is 3. The number of carbonyl (C=O) groups excluding carboxylic acids is 2. The van der Waals surface area contributed by atoms with Gasteiger partial charge in [0.15, 0.2) is 21.2 Å². The van der Waals surface area contributed by atoms with E-state index in [1.807, 2.05) is 36.9 Å². The second kappa shape index (κ2) is 5.35. The molecule has 1 saturated carbocycles. The van der Waals surface area contributed by atoms with Crippen LogP contribution in [0.15, 0.2) is 18.2 Å². The summed E-state index contributed by atoms with van der Waals surface area (Å²) in [6.45, 7) is 3.87. The van der Waals surface area contributed by atoms with Crippen LogP contribution in [-0.2, 0) is 9.59 Å². The van der Waals surface area contributed by atoms with Gasteiger partial charge in [-0.25, -0.2) is 0 Å². The van der Waals surface area contributed by atoms with Crippen molar-refractivity contribution in [3.63, 3.8) is 0 Å². The zero-order valence-corrected chi connectivity index (χ0v) is 17.6. The number of benzene rings is 1. The molecule has 1 aromatic rings. The summed E-state index contributed by atoms with van der Waals surface area (Å²) < 4.78 is 10.9. The smallest absolute Gasteiger partial charge is 0.261 e. The van der Waals surface area contributed by atoms with E-state index in [-0.39, 0.29) is 24.6 Å². The van der Waals surface area contributed by atoms with Gasteiger partial charge in [-0.15, -0.1) is 0 Å². The fourth-order valence-electron chi connectivity index (χ4n) is 5.22. The van der Waals surface area contributed by atoms with E-state index < -0.39 is 21.2 Å². The van der Waals surface area contributed by atoms with Gasteiger partial charge in [0.1, 0.15) is 0 Å². The summed E-state index contributed by atoms with van der Waals surface area (Å²) in [7, 11) is 2.93. The van der Waals surface area contributed by atoms with Crippen molar-refractivity contribution in [1.29, 1.82) is 5.26 Å². The summed E-state index contributed by atoms with van der Waals surface area (Å²) in [6.07, 6.45) is 2.20. The molecule has 2 bridgehead atoms. The maximum atomic E-state index is 13.8. The molecule has 5 heterocycles. The minimum Gasteiger partial charge on any atom is -0.454 e. The van der Waals surface area contributed by atoms with Crippen LogP contribution in [0.1, 0.15) is 44.7 Å². The fourth-order valence-corrected chi connectivity index (χ4v) is 8.79. The van der Waals surface area contributed by atoms with Crippen LogP contribution in [0.25, 0.3) is 0 Å². The molecule has 0 radical (unpaired) electrons. The van der Waals surface area contributed by atoms with Crippen LogP contribution in [0.2, 0.25) is 0 Å². The van der Waals surface area contributed by atoms with Crippen molar-refractivity contribution in [2.45, 2.75) is 54.9 Å².